The predicted octanol–water partition coefficient (Wildman–Crippen LogP) is 3.29. The fraction of sp³-hybridized carbons (Fsp3) is 0.562. The van der Waals surface area contributed by atoms with E-state index >= 15 is 0 Å². The minimum absolute atomic E-state index is 0.00110. The van der Waals surface area contributed by atoms with Crippen molar-refractivity contribution in [3.8, 4) is 5.75 Å². The first-order valence-electron chi connectivity index (χ1n) is 6.84. The summed E-state index contributed by atoms with van der Waals surface area (Å²) in [6.45, 7) is 7.88. The van der Waals surface area contributed by atoms with E-state index in [9.17, 15) is 9.90 Å². The molecule has 1 aromatic rings. The Morgan fingerprint density at radius 3 is 2.32 bits per heavy atom. The lowest BCUT2D eigenvalue weighted by molar-refractivity contribution is 0.0585. The smallest absolute Gasteiger partial charge is 0.195 e. The highest BCUT2D eigenvalue weighted by Gasteiger charge is 2.27. The Hall–Kier alpha value is -1.35. The summed E-state index contributed by atoms with van der Waals surface area (Å²) in [6.07, 6.45) is 0.624. The minimum Gasteiger partial charge on any atom is -0.496 e. The van der Waals surface area contributed by atoms with E-state index in [0.29, 0.717) is 11.3 Å². The molecule has 0 saturated heterocycles. The lowest BCUT2D eigenvalue weighted by Crippen LogP contribution is -2.29. The van der Waals surface area contributed by atoms with Gasteiger partial charge >= 0.3 is 0 Å². The van der Waals surface area contributed by atoms with Gasteiger partial charge in [0.2, 0.25) is 0 Å². The molecule has 0 radical (unpaired) electrons. The number of methoxy groups -OCH3 is 1. The molecule has 0 bridgehead atoms. The summed E-state index contributed by atoms with van der Waals surface area (Å²) in [5, 5.41) is 10.2. The molecule has 106 valence electrons. The average Bonchev–Trinajstić information content (AvgIpc) is 2.42. The van der Waals surface area contributed by atoms with Crippen molar-refractivity contribution in [2.24, 2.45) is 5.92 Å². The molecule has 1 rings (SSSR count). The monoisotopic (exact) mass is 264 g/mol. The predicted molar refractivity (Wildman–Crippen MR) is 76.9 cm³/mol. The number of Topliss-reactive ketones (excluding diaryl/α,β-unsaturated/α-hetero) is 1. The molecule has 3 nitrogen and oxygen atoms in total. The van der Waals surface area contributed by atoms with Crippen LogP contribution < -0.4 is 4.74 Å². The molecule has 19 heavy (non-hydrogen) atoms. The Bertz CT molecular complexity index is 448. The van der Waals surface area contributed by atoms with Crippen LogP contribution in [0.5, 0.6) is 5.75 Å². The van der Waals surface area contributed by atoms with Gasteiger partial charge in [-0.1, -0.05) is 32.8 Å². The molecule has 0 aliphatic rings. The van der Waals surface area contributed by atoms with Crippen LogP contribution in [-0.4, -0.2) is 24.1 Å². The molecule has 0 aliphatic heterocycles. The lowest BCUT2D eigenvalue weighted by atomic mass is 9.89. The molecule has 0 aromatic heterocycles. The number of carbonyl (C=O) groups is 1. The van der Waals surface area contributed by atoms with Gasteiger partial charge in [0.1, 0.15) is 11.9 Å². The largest absolute Gasteiger partial charge is 0.496 e. The van der Waals surface area contributed by atoms with Crippen LogP contribution in [0, 0.1) is 19.8 Å². The number of hydrogen-bond acceptors (Lipinski definition) is 3. The molecule has 0 saturated carbocycles. The number of rotatable bonds is 6. The number of carbonyl (C=O) groups excluding carboxylic acids is 1. The second-order valence-electron chi connectivity index (χ2n) is 4.97. The number of benzene rings is 1. The van der Waals surface area contributed by atoms with E-state index in [2.05, 4.69) is 0 Å². The summed E-state index contributed by atoms with van der Waals surface area (Å²) >= 11 is 0. The van der Waals surface area contributed by atoms with Crippen molar-refractivity contribution in [2.75, 3.05) is 7.11 Å². The fourth-order valence-corrected chi connectivity index (χ4v) is 2.36. The van der Waals surface area contributed by atoms with Crippen LogP contribution in [-0.2, 0) is 0 Å². The van der Waals surface area contributed by atoms with E-state index in [0.717, 1.165) is 24.0 Å². The van der Waals surface area contributed by atoms with Gasteiger partial charge in [-0.3, -0.25) is 4.79 Å². The molecule has 1 aromatic carbocycles. The van der Waals surface area contributed by atoms with Crippen LogP contribution in [0.3, 0.4) is 0 Å². The van der Waals surface area contributed by atoms with Crippen LogP contribution in [0.2, 0.25) is 0 Å². The van der Waals surface area contributed by atoms with Crippen LogP contribution in [0.25, 0.3) is 0 Å². The maximum Gasteiger partial charge on any atom is 0.195 e. The first-order valence-corrected chi connectivity index (χ1v) is 6.84. The molecular formula is C16H24O3. The fourth-order valence-electron chi connectivity index (χ4n) is 2.36. The van der Waals surface area contributed by atoms with Gasteiger partial charge in [-0.2, -0.15) is 0 Å². The Labute approximate surface area is 115 Å². The van der Waals surface area contributed by atoms with Crippen molar-refractivity contribution >= 4 is 5.78 Å². The Balaban J connectivity index is 3.16. The lowest BCUT2D eigenvalue weighted by Gasteiger charge is -2.21. The van der Waals surface area contributed by atoms with Gasteiger partial charge in [0.25, 0.3) is 0 Å². The molecule has 1 unspecified atom stereocenters. The van der Waals surface area contributed by atoms with E-state index in [1.165, 1.54) is 0 Å². The zero-order chi connectivity index (χ0) is 14.6. The third-order valence-electron chi connectivity index (χ3n) is 3.91. The van der Waals surface area contributed by atoms with E-state index in [1.807, 2.05) is 33.8 Å². The number of aliphatic hydroxyl groups is 1. The zero-order valence-electron chi connectivity index (χ0n) is 12.5. The molecule has 0 amide bonds. The highest BCUT2D eigenvalue weighted by molar-refractivity contribution is 6.02. The van der Waals surface area contributed by atoms with Crippen LogP contribution in [0.4, 0.5) is 0 Å². The van der Waals surface area contributed by atoms with Gasteiger partial charge in [0.15, 0.2) is 5.78 Å². The highest BCUT2D eigenvalue weighted by atomic mass is 16.5. The number of aryl methyl sites for hydroxylation is 1. The summed E-state index contributed by atoms with van der Waals surface area (Å²) in [5.74, 6) is 0.336. The minimum atomic E-state index is -0.953. The van der Waals surface area contributed by atoms with Gasteiger partial charge in [-0.05, 0) is 37.0 Å². The van der Waals surface area contributed by atoms with Gasteiger partial charge < -0.3 is 9.84 Å². The molecule has 0 spiro atoms. The Morgan fingerprint density at radius 1 is 1.26 bits per heavy atom. The quantitative estimate of drug-likeness (QED) is 0.802. The molecule has 3 heteroatoms. The van der Waals surface area contributed by atoms with Crippen molar-refractivity contribution in [1.82, 2.24) is 0 Å². The number of ether oxygens (including phenoxy) is 1. The van der Waals surface area contributed by atoms with Gasteiger partial charge in [0.05, 0.1) is 12.7 Å². The first-order chi connectivity index (χ1) is 8.97. The van der Waals surface area contributed by atoms with Crippen molar-refractivity contribution in [3.63, 3.8) is 0 Å². The van der Waals surface area contributed by atoms with E-state index in [1.54, 1.807) is 13.2 Å². The van der Waals surface area contributed by atoms with Crippen molar-refractivity contribution in [3.05, 3.63) is 28.8 Å². The molecular weight excluding hydrogens is 240 g/mol. The topological polar surface area (TPSA) is 46.5 Å². The standard InChI is InChI=1S/C16H24O3/c1-6-12(7-2)14(17)15(18)13-9-8-10(3)11(4)16(13)19-5/h8-9,12,14,17H,6-7H2,1-5H3. The average molecular weight is 264 g/mol. The highest BCUT2D eigenvalue weighted by Crippen LogP contribution is 2.29. The summed E-state index contributed by atoms with van der Waals surface area (Å²) < 4.78 is 5.34. The molecule has 1 N–H and O–H groups in total. The van der Waals surface area contributed by atoms with Gasteiger partial charge in [0, 0.05) is 0 Å². The van der Waals surface area contributed by atoms with E-state index in [-0.39, 0.29) is 11.7 Å². The SMILES string of the molecule is CCC(CC)C(O)C(=O)c1ccc(C)c(C)c1OC. The second-order valence-corrected chi connectivity index (χ2v) is 4.97. The zero-order valence-corrected chi connectivity index (χ0v) is 12.5. The van der Waals surface area contributed by atoms with Crippen LogP contribution in [0.1, 0.15) is 48.2 Å². The summed E-state index contributed by atoms with van der Waals surface area (Å²) in [5.41, 5.74) is 2.50. The van der Waals surface area contributed by atoms with Gasteiger partial charge in [-0.15, -0.1) is 0 Å². The number of aliphatic hydroxyl groups excluding tert-OH is 1. The summed E-state index contributed by atoms with van der Waals surface area (Å²) in [7, 11) is 1.56. The molecule has 0 aliphatic carbocycles. The Kier molecular flexibility index (Phi) is 5.55. The second kappa shape index (κ2) is 6.71. The maximum atomic E-state index is 12.4. The van der Waals surface area contributed by atoms with E-state index < -0.39 is 6.10 Å². The van der Waals surface area contributed by atoms with Crippen LogP contribution in [0.15, 0.2) is 12.1 Å². The Morgan fingerprint density at radius 2 is 1.84 bits per heavy atom. The third-order valence-corrected chi connectivity index (χ3v) is 3.91. The summed E-state index contributed by atoms with van der Waals surface area (Å²) in [4.78, 5) is 12.4. The molecule has 0 heterocycles. The number of ketones is 1. The van der Waals surface area contributed by atoms with E-state index in [4.69, 9.17) is 4.74 Å². The maximum absolute atomic E-state index is 12.4. The van der Waals surface area contributed by atoms with Crippen molar-refractivity contribution in [1.29, 1.82) is 0 Å². The normalized spacial score (nSPS) is 12.6. The van der Waals surface area contributed by atoms with Crippen LogP contribution >= 0.6 is 0 Å². The van der Waals surface area contributed by atoms with Crippen molar-refractivity contribution < 1.29 is 14.6 Å². The summed E-state index contributed by atoms with van der Waals surface area (Å²) in [6, 6.07) is 3.64. The third kappa shape index (κ3) is 3.16. The van der Waals surface area contributed by atoms with Gasteiger partial charge in [-0.25, -0.2) is 0 Å². The number of hydrogen-bond donors (Lipinski definition) is 1. The first kappa shape index (κ1) is 15.7. The molecule has 0 fully saturated rings. The molecule has 1 atom stereocenters. The van der Waals surface area contributed by atoms with Crippen molar-refractivity contribution in [2.45, 2.75) is 46.6 Å².